The molecule has 83 heavy (non-hydrogen) atoms. The SMILES string of the molecule is CC(=O)O.CCOC(=O)c1ncnc(NC)c1N.CCOC(=O)c1ncnc(NC)c1NC(=O)CCCCl.CCOC(=O)c1ncnc2c1nc(CCCCl)n2C.Cn1c(CCCO)nc2c(C(=O)O)ncnc21.O=C(Cl)CCCCl.[Li+].[OH-]. The van der Waals surface area contributed by atoms with Gasteiger partial charge in [-0.05, 0) is 58.1 Å². The average molecular weight is 1240 g/mol. The molecule has 30 nitrogen and oxygen atoms in total. The first-order valence-corrected chi connectivity index (χ1v) is 26.5. The van der Waals surface area contributed by atoms with Crippen LogP contribution >= 0.6 is 46.4 Å². The Morgan fingerprint density at radius 3 is 1.43 bits per heavy atom. The topological polar surface area (TPSA) is 439 Å². The number of aliphatic hydroxyl groups excluding tert-OH is 1. The number of ether oxygens (including phenoxy) is 3. The molecule has 9 N–H and O–H groups in total. The van der Waals surface area contributed by atoms with Crippen LogP contribution in [0.5, 0.6) is 0 Å². The molecule has 6 aromatic rings. The van der Waals surface area contributed by atoms with E-state index in [2.05, 4.69) is 65.8 Å². The van der Waals surface area contributed by atoms with Crippen molar-refractivity contribution < 1.29 is 87.4 Å². The fourth-order valence-electron chi connectivity index (χ4n) is 6.14. The quantitative estimate of drug-likeness (QED) is 0.0169. The zero-order valence-corrected chi connectivity index (χ0v) is 50.3. The number of aliphatic carboxylic acids is 1. The number of anilines is 4. The van der Waals surface area contributed by atoms with Crippen molar-refractivity contribution in [2.24, 2.45) is 14.1 Å². The molecule has 6 aromatic heterocycles. The van der Waals surface area contributed by atoms with Crippen LogP contribution in [-0.2, 0) is 55.5 Å². The third-order valence-corrected chi connectivity index (χ3v) is 10.7. The Morgan fingerprint density at radius 1 is 0.602 bits per heavy atom. The number of hydrogen-bond acceptors (Lipinski definition) is 25. The van der Waals surface area contributed by atoms with E-state index in [1.807, 2.05) is 11.6 Å². The van der Waals surface area contributed by atoms with Gasteiger partial charge in [-0.25, -0.2) is 69.0 Å². The van der Waals surface area contributed by atoms with Gasteiger partial charge >= 0.3 is 42.7 Å². The van der Waals surface area contributed by atoms with Crippen LogP contribution in [0.1, 0.15) is 120 Å². The van der Waals surface area contributed by atoms with Gasteiger partial charge in [-0.2, -0.15) is 0 Å². The van der Waals surface area contributed by atoms with Gasteiger partial charge in [0.25, 0.3) is 5.97 Å². The number of esters is 3. The van der Waals surface area contributed by atoms with Crippen molar-refractivity contribution in [1.29, 1.82) is 0 Å². The minimum atomic E-state index is -1.12. The summed E-state index contributed by atoms with van der Waals surface area (Å²) in [5.41, 5.74) is 8.16. The summed E-state index contributed by atoms with van der Waals surface area (Å²) in [5.74, 6) is -0.0731. The van der Waals surface area contributed by atoms with Gasteiger partial charge in [-0.1, -0.05) is 0 Å². The summed E-state index contributed by atoms with van der Waals surface area (Å²) >= 11 is 21.4. The zero-order chi connectivity index (χ0) is 61.0. The van der Waals surface area contributed by atoms with E-state index in [0.717, 1.165) is 25.6 Å². The molecule has 0 bridgehead atoms. The molecular formula is C48H67Cl4LiN16O14. The van der Waals surface area contributed by atoms with E-state index >= 15 is 0 Å². The van der Waals surface area contributed by atoms with Gasteiger partial charge in [0.2, 0.25) is 11.1 Å². The second kappa shape index (κ2) is 43.5. The number of aryl methyl sites for hydroxylation is 4. The number of amides is 1. The van der Waals surface area contributed by atoms with E-state index in [-0.39, 0.29) is 101 Å². The number of nitrogens with one attached hydrogen (secondary N) is 3. The molecule has 6 rings (SSSR count). The van der Waals surface area contributed by atoms with Gasteiger partial charge in [0, 0.05) is 85.0 Å². The number of fused-ring (bicyclic) bond motifs is 2. The largest absolute Gasteiger partial charge is 1.00 e. The molecule has 1 amide bonds. The number of nitrogen functional groups attached to an aromatic ring is 1. The number of rotatable bonds is 22. The van der Waals surface area contributed by atoms with Crippen LogP contribution < -0.4 is 40.5 Å². The molecule has 0 aliphatic carbocycles. The maximum Gasteiger partial charge on any atom is 1.00 e. The average Bonchev–Trinajstić information content (AvgIpc) is 4.12. The fraction of sp³-hybridized carbons (Fsp3) is 0.479. The van der Waals surface area contributed by atoms with Crippen molar-refractivity contribution in [1.82, 2.24) is 59.0 Å². The zero-order valence-electron chi connectivity index (χ0n) is 47.2. The van der Waals surface area contributed by atoms with Crippen LogP contribution in [0.15, 0.2) is 25.3 Å². The number of carboxylic acids is 2. The predicted octanol–water partition coefficient (Wildman–Crippen LogP) is 2.32. The molecule has 0 aliphatic heterocycles. The molecule has 0 unspecified atom stereocenters. The van der Waals surface area contributed by atoms with Crippen molar-refractivity contribution in [3.8, 4) is 0 Å². The van der Waals surface area contributed by atoms with Crippen molar-refractivity contribution in [2.75, 3.05) is 79.8 Å². The van der Waals surface area contributed by atoms with Crippen molar-refractivity contribution in [3.63, 3.8) is 0 Å². The van der Waals surface area contributed by atoms with E-state index in [1.54, 1.807) is 46.5 Å². The number of carbonyl (C=O) groups excluding carboxylic acids is 5. The van der Waals surface area contributed by atoms with E-state index in [4.69, 9.17) is 86.5 Å². The van der Waals surface area contributed by atoms with Gasteiger partial charge in [0.05, 0.1) is 19.8 Å². The van der Waals surface area contributed by atoms with E-state index in [1.165, 1.54) is 25.3 Å². The Balaban J connectivity index is 0. The molecule has 0 spiro atoms. The van der Waals surface area contributed by atoms with Gasteiger partial charge in [-0.15, -0.1) is 34.8 Å². The number of carboxylic acid groups (broad SMARTS) is 2. The number of nitrogens with zero attached hydrogens (tertiary/aromatic N) is 12. The summed E-state index contributed by atoms with van der Waals surface area (Å²) in [4.78, 5) is 117. The predicted molar refractivity (Wildman–Crippen MR) is 304 cm³/mol. The van der Waals surface area contributed by atoms with E-state index in [9.17, 15) is 28.8 Å². The molecule has 452 valence electrons. The maximum absolute atomic E-state index is 11.8. The Hall–Kier alpha value is -7.17. The second-order valence-corrected chi connectivity index (χ2v) is 17.0. The van der Waals surface area contributed by atoms with Crippen molar-refractivity contribution in [2.45, 2.75) is 79.1 Å². The Labute approximate surface area is 509 Å². The van der Waals surface area contributed by atoms with Crippen LogP contribution in [-0.4, -0.2) is 179 Å². The molecule has 35 heteroatoms. The van der Waals surface area contributed by atoms with E-state index < -0.39 is 29.8 Å². The number of aliphatic hydroxyl groups is 1. The fourth-order valence-corrected chi connectivity index (χ4v) is 6.68. The minimum absolute atomic E-state index is 0. The number of halogens is 4. The summed E-state index contributed by atoms with van der Waals surface area (Å²) in [6.07, 6.45) is 9.63. The normalized spacial score (nSPS) is 9.80. The Bertz CT molecular complexity index is 2990. The summed E-state index contributed by atoms with van der Waals surface area (Å²) in [7, 11) is 6.92. The molecular weight excluding hydrogens is 1170 g/mol. The number of nitrogens with two attached hydrogens (primary N) is 1. The standard InChI is InChI=1S/C12H17ClN4O3.C12H15ClN4O2.C10H12N4O3.C8H12N4O2.C4H6Cl2O.C2H4O2.Li.H2O/c1-3-20-12(19)10-9(11(14-2)16-7-15-10)17-8(18)5-4-6-13;1-3-19-12(18)10-9-11(15-7-14-10)17(2)8(16-9)5-4-6-13;1-14-6(3-2-4-15)13-7-8(10(16)17)11-5-12-9(7)14;1-3-14-8(13)6-5(9)7(10-2)12-4-11-6;5-3-1-2-4(6)7;1-2(3)4;;/h7H,3-6H2,1-2H3,(H,17,18)(H,14,15,16);7H,3-6H2,1-2H3;5,15H,2-4H2,1H3,(H,16,17);4H,3,9H2,1-2H3,(H,10,11,12);1-3H2;1H3,(H,3,4);;1H2/q;;;;;;+1;/p-1. The maximum atomic E-state index is 11.8. The molecule has 0 atom stereocenters. The molecule has 0 saturated carbocycles. The third kappa shape index (κ3) is 26.7. The smallest absolute Gasteiger partial charge is 0.870 e. The number of hydrogen-bond donors (Lipinski definition) is 7. The second-order valence-electron chi connectivity index (χ2n) is 15.5. The molecule has 0 fully saturated rings. The Morgan fingerprint density at radius 2 is 1.00 bits per heavy atom. The van der Waals surface area contributed by atoms with Gasteiger partial charge in [-0.3, -0.25) is 14.4 Å². The summed E-state index contributed by atoms with van der Waals surface area (Å²) in [5, 5.41) is 33.0. The Kier molecular flexibility index (Phi) is 40.8. The first-order valence-electron chi connectivity index (χ1n) is 24.5. The number of imidazole rings is 2. The molecule has 0 aliphatic rings. The van der Waals surface area contributed by atoms with E-state index in [0.29, 0.717) is 90.6 Å². The van der Waals surface area contributed by atoms with Crippen LogP contribution in [0, 0.1) is 0 Å². The minimum Gasteiger partial charge on any atom is -0.870 e. The number of aromatic nitrogens is 12. The van der Waals surface area contributed by atoms with Crippen LogP contribution in [0.3, 0.4) is 0 Å². The molecule has 0 aromatic carbocycles. The van der Waals surface area contributed by atoms with Crippen LogP contribution in [0.4, 0.5) is 23.0 Å². The summed E-state index contributed by atoms with van der Waals surface area (Å²) in [6, 6.07) is 0. The van der Waals surface area contributed by atoms with Gasteiger partial charge in [0.1, 0.15) is 59.4 Å². The molecule has 0 radical (unpaired) electrons. The van der Waals surface area contributed by atoms with Crippen LogP contribution in [0.25, 0.3) is 22.3 Å². The van der Waals surface area contributed by atoms with Crippen LogP contribution in [0.2, 0.25) is 0 Å². The van der Waals surface area contributed by atoms with Crippen molar-refractivity contribution in [3.05, 3.63) is 59.7 Å². The number of alkyl halides is 3. The summed E-state index contributed by atoms with van der Waals surface area (Å²) < 4.78 is 18.2. The number of carbonyl (C=O) groups is 7. The molecule has 0 saturated heterocycles. The number of aromatic carboxylic acids is 1. The first kappa shape index (κ1) is 77.9. The van der Waals surface area contributed by atoms with Gasteiger partial charge in [0.15, 0.2) is 45.7 Å². The summed E-state index contributed by atoms with van der Waals surface area (Å²) in [6.45, 7) is 7.12. The third-order valence-electron chi connectivity index (χ3n) is 9.71. The molecule has 6 heterocycles. The van der Waals surface area contributed by atoms with Crippen molar-refractivity contribution >= 4 is 133 Å². The van der Waals surface area contributed by atoms with Gasteiger partial charge < -0.3 is 65.8 Å². The monoisotopic (exact) mass is 1240 g/mol. The first-order chi connectivity index (χ1) is 38.7.